The molecular formula is C12H11BrF3N3O2S. The first-order chi connectivity index (χ1) is 10.1. The molecule has 0 fully saturated rings. The van der Waals surface area contributed by atoms with Crippen molar-refractivity contribution in [3.63, 3.8) is 0 Å². The fourth-order valence-electron chi connectivity index (χ4n) is 1.79. The second-order valence-electron chi connectivity index (χ2n) is 4.42. The summed E-state index contributed by atoms with van der Waals surface area (Å²) < 4.78 is 65.5. The molecule has 0 amide bonds. The van der Waals surface area contributed by atoms with Crippen LogP contribution in [-0.2, 0) is 29.8 Å². The molecule has 0 saturated heterocycles. The molecule has 0 aliphatic heterocycles. The number of hydrogen-bond acceptors (Lipinski definition) is 3. The van der Waals surface area contributed by atoms with Crippen molar-refractivity contribution in [1.82, 2.24) is 14.3 Å². The highest BCUT2D eigenvalue weighted by Gasteiger charge is 2.36. The number of aryl methyl sites for hydroxylation is 1. The van der Waals surface area contributed by atoms with Crippen LogP contribution in [0.1, 0.15) is 11.5 Å². The molecule has 10 heteroatoms. The molecule has 0 bridgehead atoms. The van der Waals surface area contributed by atoms with Crippen molar-refractivity contribution in [2.24, 2.45) is 7.05 Å². The summed E-state index contributed by atoms with van der Waals surface area (Å²) >= 11 is 3.11. The number of nitrogens with zero attached hydrogens (tertiary/aromatic N) is 2. The third-order valence-corrected chi connectivity index (χ3v) is 5.16. The highest BCUT2D eigenvalue weighted by molar-refractivity contribution is 9.10. The lowest BCUT2D eigenvalue weighted by atomic mass is 10.4. The van der Waals surface area contributed by atoms with Gasteiger partial charge in [-0.2, -0.15) is 13.2 Å². The van der Waals surface area contributed by atoms with Crippen molar-refractivity contribution in [3.05, 3.63) is 46.5 Å². The lowest BCUT2D eigenvalue weighted by molar-refractivity contribution is -0.146. The summed E-state index contributed by atoms with van der Waals surface area (Å²) in [7, 11) is -2.66. The molecule has 0 unspecified atom stereocenters. The van der Waals surface area contributed by atoms with Crippen molar-refractivity contribution in [3.8, 4) is 0 Å². The molecule has 120 valence electrons. The zero-order valence-electron chi connectivity index (χ0n) is 11.2. The summed E-state index contributed by atoms with van der Waals surface area (Å²) in [5, 5.41) is 0. The van der Waals surface area contributed by atoms with Gasteiger partial charge in [0, 0.05) is 17.7 Å². The van der Waals surface area contributed by atoms with E-state index in [1.54, 1.807) is 18.2 Å². The second kappa shape index (κ2) is 6.01. The summed E-state index contributed by atoms with van der Waals surface area (Å²) in [6.45, 7) is -0.340. The van der Waals surface area contributed by atoms with Gasteiger partial charge in [0.1, 0.15) is 0 Å². The summed E-state index contributed by atoms with van der Waals surface area (Å²) in [5.41, 5.74) is -0.0227. The van der Waals surface area contributed by atoms with Gasteiger partial charge in [0.15, 0.2) is 0 Å². The summed E-state index contributed by atoms with van der Waals surface area (Å²) in [5.74, 6) is -1.08. The summed E-state index contributed by atoms with van der Waals surface area (Å²) in [4.78, 5) is 3.40. The SMILES string of the molecule is Cn1cc(CNS(=O)(=O)c2ccccc2Br)nc1C(F)(F)F. The van der Waals surface area contributed by atoms with Crippen molar-refractivity contribution in [2.45, 2.75) is 17.6 Å². The van der Waals surface area contributed by atoms with Crippen LogP contribution in [0.4, 0.5) is 13.2 Å². The average Bonchev–Trinajstić information content (AvgIpc) is 2.78. The van der Waals surface area contributed by atoms with Crippen LogP contribution in [0.25, 0.3) is 0 Å². The largest absolute Gasteiger partial charge is 0.449 e. The third-order valence-electron chi connectivity index (χ3n) is 2.75. The predicted octanol–water partition coefficient (Wildman–Crippen LogP) is 2.68. The van der Waals surface area contributed by atoms with E-state index in [9.17, 15) is 21.6 Å². The number of benzene rings is 1. The molecule has 5 nitrogen and oxygen atoms in total. The van der Waals surface area contributed by atoms with E-state index in [4.69, 9.17) is 0 Å². The van der Waals surface area contributed by atoms with E-state index in [0.29, 0.717) is 4.47 Å². The molecule has 22 heavy (non-hydrogen) atoms. The minimum atomic E-state index is -4.59. The van der Waals surface area contributed by atoms with Crippen molar-refractivity contribution in [1.29, 1.82) is 0 Å². The van der Waals surface area contributed by atoms with E-state index < -0.39 is 22.0 Å². The Hall–Kier alpha value is -1.39. The lowest BCUT2D eigenvalue weighted by Gasteiger charge is -2.07. The molecule has 1 heterocycles. The van der Waals surface area contributed by atoms with Gasteiger partial charge in [-0.1, -0.05) is 12.1 Å². The number of imidazole rings is 1. The van der Waals surface area contributed by atoms with Crippen molar-refractivity contribution < 1.29 is 21.6 Å². The Morgan fingerprint density at radius 1 is 1.32 bits per heavy atom. The molecule has 0 atom stereocenters. The first-order valence-corrected chi connectivity index (χ1v) is 8.22. The minimum Gasteiger partial charge on any atom is -0.330 e. The number of rotatable bonds is 4. The van der Waals surface area contributed by atoms with Crippen LogP contribution in [0.15, 0.2) is 39.8 Å². The van der Waals surface area contributed by atoms with Gasteiger partial charge in [-0.15, -0.1) is 0 Å². The highest BCUT2D eigenvalue weighted by Crippen LogP contribution is 2.28. The third kappa shape index (κ3) is 3.68. The Morgan fingerprint density at radius 3 is 2.50 bits per heavy atom. The predicted molar refractivity (Wildman–Crippen MR) is 76.4 cm³/mol. The molecule has 0 aliphatic carbocycles. The molecule has 2 rings (SSSR count). The Kier molecular flexibility index (Phi) is 4.64. The molecule has 0 aliphatic rings. The first kappa shape index (κ1) is 17.0. The number of halogens is 4. The van der Waals surface area contributed by atoms with Crippen LogP contribution in [0.5, 0.6) is 0 Å². The fourth-order valence-corrected chi connectivity index (χ4v) is 3.79. The van der Waals surface area contributed by atoms with Crippen LogP contribution >= 0.6 is 15.9 Å². The molecular weight excluding hydrogens is 387 g/mol. The van der Waals surface area contributed by atoms with Gasteiger partial charge in [-0.05, 0) is 28.1 Å². The fraction of sp³-hybridized carbons (Fsp3) is 0.250. The number of hydrogen-bond donors (Lipinski definition) is 1. The van der Waals surface area contributed by atoms with Crippen LogP contribution in [0, 0.1) is 0 Å². The van der Waals surface area contributed by atoms with Crippen LogP contribution < -0.4 is 4.72 Å². The van der Waals surface area contributed by atoms with Gasteiger partial charge < -0.3 is 4.57 Å². The van der Waals surface area contributed by atoms with Gasteiger partial charge >= 0.3 is 6.18 Å². The number of aromatic nitrogens is 2. The standard InChI is InChI=1S/C12H11BrF3N3O2S/c1-19-7-8(18-11(19)12(14,15)16)6-17-22(20,21)10-5-3-2-4-9(10)13/h2-5,7,17H,6H2,1H3. The smallest absolute Gasteiger partial charge is 0.330 e. The van der Waals surface area contributed by atoms with Gasteiger partial charge in [0.2, 0.25) is 15.8 Å². The topological polar surface area (TPSA) is 64.0 Å². The Balaban J connectivity index is 2.19. The lowest BCUT2D eigenvalue weighted by Crippen LogP contribution is -2.23. The zero-order chi connectivity index (χ0) is 16.5. The van der Waals surface area contributed by atoms with E-state index in [-0.39, 0.29) is 17.1 Å². The quantitative estimate of drug-likeness (QED) is 0.862. The van der Waals surface area contributed by atoms with Crippen LogP contribution in [0.3, 0.4) is 0 Å². The molecule has 0 radical (unpaired) electrons. The van der Waals surface area contributed by atoms with Gasteiger partial charge in [-0.3, -0.25) is 0 Å². The maximum Gasteiger partial charge on any atom is 0.449 e. The van der Waals surface area contributed by atoms with E-state index >= 15 is 0 Å². The molecule has 1 aromatic carbocycles. The van der Waals surface area contributed by atoms with E-state index in [1.165, 1.54) is 13.1 Å². The molecule has 1 N–H and O–H groups in total. The zero-order valence-corrected chi connectivity index (χ0v) is 13.6. The normalized spacial score (nSPS) is 12.6. The van der Waals surface area contributed by atoms with Crippen LogP contribution in [-0.4, -0.2) is 18.0 Å². The molecule has 0 saturated carbocycles. The van der Waals surface area contributed by atoms with Gasteiger partial charge in [0.05, 0.1) is 17.1 Å². The van der Waals surface area contributed by atoms with Gasteiger partial charge in [-0.25, -0.2) is 18.1 Å². The number of sulfonamides is 1. The van der Waals surface area contributed by atoms with Gasteiger partial charge in [0.25, 0.3) is 0 Å². The minimum absolute atomic E-state index is 0.00183. The number of nitrogens with one attached hydrogen (secondary N) is 1. The summed E-state index contributed by atoms with van der Waals surface area (Å²) in [6, 6.07) is 6.13. The van der Waals surface area contributed by atoms with Crippen molar-refractivity contribution >= 4 is 26.0 Å². The maximum atomic E-state index is 12.6. The Labute approximate surface area is 133 Å². The Morgan fingerprint density at radius 2 is 1.95 bits per heavy atom. The maximum absolute atomic E-state index is 12.6. The van der Waals surface area contributed by atoms with E-state index in [2.05, 4.69) is 25.6 Å². The second-order valence-corrected chi connectivity index (χ2v) is 7.01. The highest BCUT2D eigenvalue weighted by atomic mass is 79.9. The average molecular weight is 398 g/mol. The van der Waals surface area contributed by atoms with Crippen molar-refractivity contribution in [2.75, 3.05) is 0 Å². The Bertz CT molecular complexity index is 787. The van der Waals surface area contributed by atoms with E-state index in [0.717, 1.165) is 10.8 Å². The van der Waals surface area contributed by atoms with E-state index in [1.807, 2.05) is 0 Å². The first-order valence-electron chi connectivity index (χ1n) is 5.95. The monoisotopic (exact) mass is 397 g/mol. The molecule has 1 aromatic heterocycles. The summed E-state index contributed by atoms with van der Waals surface area (Å²) in [6.07, 6.45) is -3.46. The molecule has 2 aromatic rings. The molecule has 0 spiro atoms. The number of alkyl halides is 3. The van der Waals surface area contributed by atoms with Crippen LogP contribution in [0.2, 0.25) is 0 Å².